The fraction of sp³-hybridized carbons (Fsp3) is 0.407. The van der Waals surface area contributed by atoms with Gasteiger partial charge < -0.3 is 9.47 Å². The Kier molecular flexibility index (Phi) is 8.12. The highest BCUT2D eigenvalue weighted by atomic mass is 19.1. The van der Waals surface area contributed by atoms with Gasteiger partial charge >= 0.3 is 12.1 Å². The molecule has 36 heavy (non-hydrogen) atoms. The summed E-state index contributed by atoms with van der Waals surface area (Å²) in [7, 11) is 0. The molecular formula is C27H32FN3O5. The second-order valence-electron chi connectivity index (χ2n) is 9.63. The van der Waals surface area contributed by atoms with Crippen LogP contribution in [0, 0.1) is 5.82 Å². The zero-order valence-corrected chi connectivity index (χ0v) is 21.4. The number of para-hydroxylation sites is 1. The molecule has 192 valence electrons. The van der Waals surface area contributed by atoms with Crippen LogP contribution in [0.2, 0.25) is 0 Å². The van der Waals surface area contributed by atoms with Gasteiger partial charge in [0.25, 0.3) is 5.91 Å². The molecule has 0 saturated heterocycles. The van der Waals surface area contributed by atoms with Crippen molar-refractivity contribution in [3.05, 3.63) is 65.0 Å². The Labute approximate surface area is 210 Å². The van der Waals surface area contributed by atoms with Crippen molar-refractivity contribution in [2.24, 2.45) is 4.99 Å². The highest BCUT2D eigenvalue weighted by Crippen LogP contribution is 2.36. The van der Waals surface area contributed by atoms with Crippen molar-refractivity contribution < 1.29 is 28.2 Å². The maximum Gasteiger partial charge on any atom is 0.409 e. The molecule has 0 aromatic heterocycles. The third-order valence-corrected chi connectivity index (χ3v) is 5.35. The van der Waals surface area contributed by atoms with Gasteiger partial charge in [0.05, 0.1) is 18.0 Å². The number of hydrogen-bond acceptors (Lipinski definition) is 6. The third kappa shape index (κ3) is 6.08. The van der Waals surface area contributed by atoms with Crippen LogP contribution in [0.5, 0.6) is 0 Å². The molecule has 0 bridgehead atoms. The van der Waals surface area contributed by atoms with E-state index in [4.69, 9.17) is 9.47 Å². The van der Waals surface area contributed by atoms with E-state index in [0.717, 1.165) is 5.56 Å². The number of anilines is 1. The largest absolute Gasteiger partial charge is 0.465 e. The lowest BCUT2D eigenvalue weighted by Gasteiger charge is -2.28. The first-order valence-corrected chi connectivity index (χ1v) is 11.9. The number of hydrogen-bond donors (Lipinski definition) is 1. The Morgan fingerprint density at radius 3 is 2.39 bits per heavy atom. The van der Waals surface area contributed by atoms with Crippen LogP contribution in [0.4, 0.5) is 14.9 Å². The quantitative estimate of drug-likeness (QED) is 0.591. The Morgan fingerprint density at radius 1 is 1.11 bits per heavy atom. The minimum absolute atomic E-state index is 0.0466. The Bertz CT molecular complexity index is 1190. The average molecular weight is 498 g/mol. The van der Waals surface area contributed by atoms with Gasteiger partial charge in [0.1, 0.15) is 18.0 Å². The number of benzene rings is 2. The monoisotopic (exact) mass is 497 g/mol. The number of carbonyl (C=O) groups is 3. The zero-order valence-electron chi connectivity index (χ0n) is 21.4. The number of nitrogens with zero attached hydrogens (tertiary/aromatic N) is 2. The van der Waals surface area contributed by atoms with Gasteiger partial charge in [-0.25, -0.2) is 14.2 Å². The van der Waals surface area contributed by atoms with Crippen LogP contribution in [0.3, 0.4) is 0 Å². The van der Waals surface area contributed by atoms with Gasteiger partial charge in [-0.05, 0) is 51.3 Å². The molecule has 8 nitrogen and oxygen atoms in total. The number of amides is 2. The van der Waals surface area contributed by atoms with Crippen molar-refractivity contribution in [3.8, 4) is 0 Å². The second-order valence-corrected chi connectivity index (χ2v) is 9.63. The smallest absolute Gasteiger partial charge is 0.409 e. The van der Waals surface area contributed by atoms with Gasteiger partial charge in [-0.3, -0.25) is 19.8 Å². The molecule has 2 aromatic rings. The molecule has 0 unspecified atom stereocenters. The van der Waals surface area contributed by atoms with E-state index in [1.807, 2.05) is 19.9 Å². The number of nitrogens with one attached hydrogen (secondary N) is 1. The average Bonchev–Trinajstić information content (AvgIpc) is 2.89. The van der Waals surface area contributed by atoms with Crippen LogP contribution >= 0.6 is 0 Å². The summed E-state index contributed by atoms with van der Waals surface area (Å²) in [5, 5.41) is 2.49. The predicted octanol–water partition coefficient (Wildman–Crippen LogP) is 4.55. The second kappa shape index (κ2) is 10.9. The number of benzodiazepines with no additional fused rings is 1. The minimum Gasteiger partial charge on any atom is -0.465 e. The summed E-state index contributed by atoms with van der Waals surface area (Å²) in [6, 6.07) is 11.4. The molecule has 0 aliphatic carbocycles. The van der Waals surface area contributed by atoms with Crippen LogP contribution in [0.15, 0.2) is 47.5 Å². The number of ether oxygens (including phenoxy) is 2. The molecule has 2 aromatic carbocycles. The van der Waals surface area contributed by atoms with Crippen molar-refractivity contribution in [1.29, 1.82) is 0 Å². The standard InChI is InChI=1S/C27H32FN3O5/c1-7-35-21(32)15-31-23-17(16(2)3)12-10-13-19(23)22(18-11-8-9-14-20(18)28)29-24(25(31)33)30-26(34)36-27(4,5)6/h8-14,16,24H,7,15H2,1-6H3,(H,30,34)/t24-/m1/s1. The van der Waals surface area contributed by atoms with Crippen molar-refractivity contribution >= 4 is 29.4 Å². The molecule has 0 spiro atoms. The number of rotatable bonds is 6. The lowest BCUT2D eigenvalue weighted by molar-refractivity contribution is -0.142. The molecule has 1 aliphatic rings. The summed E-state index contributed by atoms with van der Waals surface area (Å²) in [5.74, 6) is -1.88. The molecule has 1 N–H and O–H groups in total. The van der Waals surface area contributed by atoms with Crippen LogP contribution < -0.4 is 10.2 Å². The maximum absolute atomic E-state index is 15.0. The molecule has 1 aliphatic heterocycles. The minimum atomic E-state index is -1.48. The number of halogens is 1. The predicted molar refractivity (Wildman–Crippen MR) is 135 cm³/mol. The fourth-order valence-corrected chi connectivity index (χ4v) is 3.91. The van der Waals surface area contributed by atoms with E-state index in [-0.39, 0.29) is 23.8 Å². The van der Waals surface area contributed by atoms with E-state index in [0.29, 0.717) is 11.3 Å². The van der Waals surface area contributed by atoms with Gasteiger partial charge in [-0.2, -0.15) is 0 Å². The first-order valence-electron chi connectivity index (χ1n) is 11.9. The zero-order chi connectivity index (χ0) is 26.6. The summed E-state index contributed by atoms with van der Waals surface area (Å²) in [6.07, 6.45) is -2.35. The summed E-state index contributed by atoms with van der Waals surface area (Å²) in [6.45, 7) is 10.4. The van der Waals surface area contributed by atoms with Crippen molar-refractivity contribution in [2.75, 3.05) is 18.1 Å². The number of fused-ring (bicyclic) bond motifs is 1. The lowest BCUT2D eigenvalue weighted by atomic mass is 9.92. The van der Waals surface area contributed by atoms with Gasteiger partial charge in [-0.15, -0.1) is 0 Å². The lowest BCUT2D eigenvalue weighted by Crippen LogP contribution is -2.50. The summed E-state index contributed by atoms with van der Waals surface area (Å²) in [4.78, 5) is 44.8. The molecule has 0 saturated carbocycles. The van der Waals surface area contributed by atoms with Gasteiger partial charge in [0.2, 0.25) is 6.17 Å². The summed E-state index contributed by atoms with van der Waals surface area (Å²) >= 11 is 0. The van der Waals surface area contributed by atoms with E-state index >= 15 is 4.39 Å². The topological polar surface area (TPSA) is 97.3 Å². The van der Waals surface area contributed by atoms with E-state index in [2.05, 4.69) is 10.3 Å². The van der Waals surface area contributed by atoms with Gasteiger partial charge in [0, 0.05) is 11.1 Å². The van der Waals surface area contributed by atoms with E-state index in [1.165, 1.54) is 11.0 Å². The third-order valence-electron chi connectivity index (χ3n) is 5.35. The number of aliphatic imine (C=N–C) groups is 1. The van der Waals surface area contributed by atoms with Gasteiger partial charge in [-0.1, -0.05) is 44.2 Å². The highest BCUT2D eigenvalue weighted by Gasteiger charge is 2.37. The molecule has 0 radical (unpaired) electrons. The van der Waals surface area contributed by atoms with Crippen LogP contribution in [0.25, 0.3) is 0 Å². The fourth-order valence-electron chi connectivity index (χ4n) is 3.91. The molecule has 1 heterocycles. The molecule has 1 atom stereocenters. The molecule has 2 amide bonds. The number of alkyl carbamates (subject to hydrolysis) is 1. The number of esters is 1. The van der Waals surface area contributed by atoms with Crippen LogP contribution in [-0.4, -0.2) is 48.6 Å². The maximum atomic E-state index is 15.0. The summed E-state index contributed by atoms with van der Waals surface area (Å²) in [5.41, 5.74) is 1.13. The Hall–Kier alpha value is -3.75. The van der Waals surface area contributed by atoms with Crippen molar-refractivity contribution in [1.82, 2.24) is 5.32 Å². The first kappa shape index (κ1) is 26.8. The summed E-state index contributed by atoms with van der Waals surface area (Å²) < 4.78 is 25.5. The molecular weight excluding hydrogens is 465 g/mol. The first-order chi connectivity index (χ1) is 16.9. The molecule has 0 fully saturated rings. The van der Waals surface area contributed by atoms with Crippen LogP contribution in [0.1, 0.15) is 64.2 Å². The van der Waals surface area contributed by atoms with Crippen molar-refractivity contribution in [2.45, 2.75) is 59.2 Å². The van der Waals surface area contributed by atoms with E-state index in [9.17, 15) is 14.4 Å². The van der Waals surface area contributed by atoms with Crippen LogP contribution in [-0.2, 0) is 19.1 Å². The normalized spacial score (nSPS) is 15.7. The Morgan fingerprint density at radius 2 is 1.78 bits per heavy atom. The number of carbonyl (C=O) groups excluding carboxylic acids is 3. The SMILES string of the molecule is CCOC(=O)CN1C(=O)[C@@H](NC(=O)OC(C)(C)C)N=C(c2ccccc2F)c2cccc(C(C)C)c21. The van der Waals surface area contributed by atoms with E-state index in [1.54, 1.807) is 58.0 Å². The Balaban J connectivity index is 2.25. The molecule has 9 heteroatoms. The van der Waals surface area contributed by atoms with Crippen molar-refractivity contribution in [3.63, 3.8) is 0 Å². The molecule has 3 rings (SSSR count). The highest BCUT2D eigenvalue weighted by molar-refractivity contribution is 6.21. The van der Waals surface area contributed by atoms with Gasteiger partial charge in [0.15, 0.2) is 0 Å². The van der Waals surface area contributed by atoms with E-state index < -0.39 is 42.1 Å².